The highest BCUT2D eigenvalue weighted by Crippen LogP contribution is 2.42. The van der Waals surface area contributed by atoms with Crippen LogP contribution in [0.4, 0.5) is 0 Å². The predicted octanol–water partition coefficient (Wildman–Crippen LogP) is 3.73. The summed E-state index contributed by atoms with van der Waals surface area (Å²) in [5.41, 5.74) is 1.31. The lowest BCUT2D eigenvalue weighted by molar-refractivity contribution is -0.153. The number of methoxy groups -OCH3 is 2. The minimum Gasteiger partial charge on any atom is -0.496 e. The zero-order valence-electron chi connectivity index (χ0n) is 19.2. The van der Waals surface area contributed by atoms with Crippen molar-refractivity contribution < 1.29 is 34.5 Å². The summed E-state index contributed by atoms with van der Waals surface area (Å²) < 4.78 is 16.9. The van der Waals surface area contributed by atoms with E-state index in [1.165, 1.54) is 40.2 Å². The van der Waals surface area contributed by atoms with Crippen molar-refractivity contribution in [1.29, 1.82) is 0 Å². The summed E-state index contributed by atoms with van der Waals surface area (Å²) in [4.78, 5) is 12.5. The van der Waals surface area contributed by atoms with Crippen LogP contribution in [0.1, 0.15) is 63.3 Å². The van der Waals surface area contributed by atoms with Gasteiger partial charge in [-0.2, -0.15) is 0 Å². The second-order valence-electron chi connectivity index (χ2n) is 8.24. The average molecular weight is 447 g/mol. The molecule has 1 aliphatic carbocycles. The molecule has 0 fully saturated rings. The van der Waals surface area contributed by atoms with Gasteiger partial charge in [0.25, 0.3) is 0 Å². The van der Waals surface area contributed by atoms with Gasteiger partial charge in [0.15, 0.2) is 0 Å². The zero-order chi connectivity index (χ0) is 24.1. The zero-order valence-corrected chi connectivity index (χ0v) is 19.2. The number of esters is 1. The first-order valence-electron chi connectivity index (χ1n) is 10.0. The van der Waals surface area contributed by atoms with E-state index in [0.29, 0.717) is 28.9 Å². The number of carbonyl (C=O) groups excluding carboxylic acids is 1. The number of carbonyl (C=O) groups is 1. The molecule has 1 unspecified atom stereocenters. The van der Waals surface area contributed by atoms with Crippen molar-refractivity contribution in [1.82, 2.24) is 0 Å². The Morgan fingerprint density at radius 1 is 1.09 bits per heavy atom. The Bertz CT molecular complexity index is 981. The average Bonchev–Trinajstić information content (AvgIpc) is 2.73. The van der Waals surface area contributed by atoms with E-state index in [4.69, 9.17) is 14.2 Å². The topological polar surface area (TPSA) is 130 Å². The van der Waals surface area contributed by atoms with Crippen LogP contribution in [0.15, 0.2) is 40.2 Å². The molecule has 0 radical (unpaired) electrons. The monoisotopic (exact) mass is 446 g/mol. The van der Waals surface area contributed by atoms with Crippen LogP contribution < -0.4 is 9.47 Å². The van der Waals surface area contributed by atoms with Crippen molar-refractivity contribution in [3.63, 3.8) is 0 Å². The summed E-state index contributed by atoms with van der Waals surface area (Å²) >= 11 is 0. The lowest BCUT2D eigenvalue weighted by Crippen LogP contribution is -2.26. The lowest BCUT2D eigenvalue weighted by atomic mass is 9.88. The highest BCUT2D eigenvalue weighted by atomic mass is 16.5. The molecule has 32 heavy (non-hydrogen) atoms. The number of fused-ring (bicyclic) bond motifs is 1. The Hall–Kier alpha value is -3.33. The van der Waals surface area contributed by atoms with Crippen molar-refractivity contribution in [2.24, 2.45) is 10.3 Å². The molecule has 0 spiro atoms. The fourth-order valence-corrected chi connectivity index (χ4v) is 3.40. The van der Waals surface area contributed by atoms with E-state index < -0.39 is 17.7 Å². The number of aliphatic hydroxyl groups is 1. The van der Waals surface area contributed by atoms with Crippen LogP contribution in [0.5, 0.6) is 11.5 Å². The number of rotatable bonds is 8. The molecule has 0 aromatic heterocycles. The molecule has 0 amide bonds. The first kappa shape index (κ1) is 24.9. The van der Waals surface area contributed by atoms with Crippen LogP contribution in [0.2, 0.25) is 0 Å². The van der Waals surface area contributed by atoms with Gasteiger partial charge in [-0.25, -0.2) is 0 Å². The fourth-order valence-electron chi connectivity index (χ4n) is 3.40. The van der Waals surface area contributed by atoms with Gasteiger partial charge in [0, 0.05) is 12.0 Å². The van der Waals surface area contributed by atoms with E-state index in [1.807, 2.05) is 19.9 Å². The summed E-state index contributed by atoms with van der Waals surface area (Å²) in [7, 11) is 2.88. The van der Waals surface area contributed by atoms with E-state index in [0.717, 1.165) is 5.57 Å². The van der Waals surface area contributed by atoms with Crippen molar-refractivity contribution in [2.75, 3.05) is 14.2 Å². The van der Waals surface area contributed by atoms with Gasteiger partial charge in [0.05, 0.1) is 37.4 Å². The normalized spacial score (nSPS) is 16.5. The molecule has 0 bridgehead atoms. The molecule has 1 aliphatic rings. The van der Waals surface area contributed by atoms with Crippen molar-refractivity contribution >= 4 is 17.4 Å². The van der Waals surface area contributed by atoms with Gasteiger partial charge < -0.3 is 29.7 Å². The number of nitrogens with zero attached hydrogens (tertiary/aromatic N) is 2. The van der Waals surface area contributed by atoms with E-state index in [2.05, 4.69) is 10.3 Å². The van der Waals surface area contributed by atoms with Gasteiger partial charge in [-0.15, -0.1) is 0 Å². The SMILES string of the molecule is COc1cc(C(CC=C(C)C)OC(=O)CC(C)(C)O)c(OC)c2c1/C(=N/O)C=C/C2=N\O. The summed E-state index contributed by atoms with van der Waals surface area (Å²) in [6, 6.07) is 1.64. The van der Waals surface area contributed by atoms with Crippen LogP contribution in [-0.2, 0) is 9.53 Å². The quantitative estimate of drug-likeness (QED) is 0.240. The fraction of sp³-hybridized carbons (Fsp3) is 0.435. The summed E-state index contributed by atoms with van der Waals surface area (Å²) in [6.07, 6.45) is 4.21. The molecule has 9 nitrogen and oxygen atoms in total. The van der Waals surface area contributed by atoms with Crippen LogP contribution in [0, 0.1) is 0 Å². The standard InChI is InChI=1S/C23H30N2O7/c1-13(2)7-10-17(32-19(26)12-23(3,4)27)14-11-18(30-5)20-15(24-28)8-9-16(25-29)21(20)22(14)31-6/h7-9,11,17,27-29H,10,12H2,1-6H3/b24-15+,25-16+. The maximum Gasteiger partial charge on any atom is 0.309 e. The van der Waals surface area contributed by atoms with Gasteiger partial charge in [0.1, 0.15) is 29.0 Å². The summed E-state index contributed by atoms with van der Waals surface area (Å²) in [5, 5.41) is 35.7. The molecule has 3 N–H and O–H groups in total. The maximum absolute atomic E-state index is 12.5. The van der Waals surface area contributed by atoms with Crippen LogP contribution in [0.25, 0.3) is 0 Å². The van der Waals surface area contributed by atoms with Crippen LogP contribution in [0.3, 0.4) is 0 Å². The second-order valence-corrected chi connectivity index (χ2v) is 8.24. The third-order valence-electron chi connectivity index (χ3n) is 4.76. The lowest BCUT2D eigenvalue weighted by Gasteiger charge is -2.26. The third kappa shape index (κ3) is 5.67. The Kier molecular flexibility index (Phi) is 8.04. The molecule has 1 aromatic carbocycles. The van der Waals surface area contributed by atoms with Crippen molar-refractivity contribution in [3.8, 4) is 11.5 Å². The molecule has 0 saturated carbocycles. The number of benzene rings is 1. The first-order valence-corrected chi connectivity index (χ1v) is 10.0. The van der Waals surface area contributed by atoms with Crippen molar-refractivity contribution in [3.05, 3.63) is 46.6 Å². The minimum absolute atomic E-state index is 0.160. The number of oxime groups is 2. The molecule has 1 aromatic rings. The van der Waals surface area contributed by atoms with E-state index in [1.54, 1.807) is 6.07 Å². The molecule has 9 heteroatoms. The van der Waals surface area contributed by atoms with Crippen LogP contribution >= 0.6 is 0 Å². The van der Waals surface area contributed by atoms with Gasteiger partial charge >= 0.3 is 5.97 Å². The number of hydrogen-bond acceptors (Lipinski definition) is 9. The highest BCUT2D eigenvalue weighted by Gasteiger charge is 2.32. The Labute approximate surface area is 187 Å². The van der Waals surface area contributed by atoms with E-state index in [9.17, 15) is 20.3 Å². The third-order valence-corrected chi connectivity index (χ3v) is 4.76. The highest BCUT2D eigenvalue weighted by molar-refractivity contribution is 6.27. The van der Waals surface area contributed by atoms with E-state index in [-0.39, 0.29) is 23.6 Å². The number of allylic oxidation sites excluding steroid dienone is 3. The van der Waals surface area contributed by atoms with Gasteiger partial charge in [0.2, 0.25) is 0 Å². The van der Waals surface area contributed by atoms with Gasteiger partial charge in [-0.3, -0.25) is 4.79 Å². The molecule has 2 rings (SSSR count). The molecular formula is C23H30N2O7. The molecule has 1 atom stereocenters. The molecule has 174 valence electrons. The second kappa shape index (κ2) is 10.3. The predicted molar refractivity (Wildman–Crippen MR) is 119 cm³/mol. The Morgan fingerprint density at radius 2 is 1.69 bits per heavy atom. The maximum atomic E-state index is 12.5. The van der Waals surface area contributed by atoms with Crippen LogP contribution in [-0.4, -0.2) is 52.7 Å². The smallest absolute Gasteiger partial charge is 0.309 e. The van der Waals surface area contributed by atoms with Gasteiger partial charge in [-0.1, -0.05) is 22.0 Å². The Balaban J connectivity index is 2.73. The molecule has 0 heterocycles. The Morgan fingerprint density at radius 3 is 2.16 bits per heavy atom. The molecule has 0 aliphatic heterocycles. The largest absolute Gasteiger partial charge is 0.496 e. The molecular weight excluding hydrogens is 416 g/mol. The van der Waals surface area contributed by atoms with Crippen molar-refractivity contribution in [2.45, 2.75) is 52.2 Å². The number of hydrogen-bond donors (Lipinski definition) is 3. The summed E-state index contributed by atoms with van der Waals surface area (Å²) in [5.74, 6) is 0.00843. The first-order chi connectivity index (χ1) is 15.1. The minimum atomic E-state index is -1.23. The summed E-state index contributed by atoms with van der Waals surface area (Å²) in [6.45, 7) is 6.89. The number of ether oxygens (including phenoxy) is 3. The van der Waals surface area contributed by atoms with Gasteiger partial charge in [-0.05, 0) is 45.9 Å². The molecule has 0 saturated heterocycles. The van der Waals surface area contributed by atoms with E-state index >= 15 is 0 Å².